The van der Waals surface area contributed by atoms with Gasteiger partial charge in [0.15, 0.2) is 0 Å². The molecule has 2 amide bonds. The number of nitrogens with one attached hydrogen (secondary N) is 1. The molecule has 1 fully saturated rings. The van der Waals surface area contributed by atoms with Gasteiger partial charge in [-0.1, -0.05) is 18.2 Å². The number of hydrogen-bond acceptors (Lipinski definition) is 3. The molecule has 108 valence electrons. The molecule has 1 saturated heterocycles. The Morgan fingerprint density at radius 1 is 1.45 bits per heavy atom. The molecule has 0 aromatic heterocycles. The largest absolute Gasteiger partial charge is 0.478 e. The lowest BCUT2D eigenvalue weighted by Crippen LogP contribution is -2.38. The number of rotatable bonds is 4. The molecule has 1 aromatic rings. The number of amides is 2. The highest BCUT2D eigenvalue weighted by atomic mass is 16.5. The van der Waals surface area contributed by atoms with Crippen LogP contribution in [-0.2, 0) is 11.3 Å². The Hall–Kier alpha value is -2.08. The molecule has 20 heavy (non-hydrogen) atoms. The van der Waals surface area contributed by atoms with E-state index < -0.39 is 5.97 Å². The van der Waals surface area contributed by atoms with Gasteiger partial charge < -0.3 is 20.1 Å². The zero-order chi connectivity index (χ0) is 14.5. The Morgan fingerprint density at radius 2 is 2.20 bits per heavy atom. The summed E-state index contributed by atoms with van der Waals surface area (Å²) >= 11 is 0. The maximum atomic E-state index is 12.0. The number of likely N-dealkylation sites (tertiary alicyclic amines) is 1. The van der Waals surface area contributed by atoms with Crippen LogP contribution in [0.5, 0.6) is 0 Å². The van der Waals surface area contributed by atoms with Gasteiger partial charge in [0.2, 0.25) is 0 Å². The minimum Gasteiger partial charge on any atom is -0.478 e. The van der Waals surface area contributed by atoms with E-state index in [-0.39, 0.29) is 24.2 Å². The van der Waals surface area contributed by atoms with E-state index in [0.29, 0.717) is 18.7 Å². The van der Waals surface area contributed by atoms with Crippen LogP contribution in [0.1, 0.15) is 22.3 Å². The fourth-order valence-corrected chi connectivity index (χ4v) is 2.27. The van der Waals surface area contributed by atoms with Crippen LogP contribution in [0.15, 0.2) is 24.3 Å². The molecule has 0 saturated carbocycles. The van der Waals surface area contributed by atoms with E-state index in [1.807, 2.05) is 0 Å². The minimum atomic E-state index is -0.990. The molecule has 0 radical (unpaired) electrons. The van der Waals surface area contributed by atoms with Crippen molar-refractivity contribution in [2.75, 3.05) is 20.2 Å². The van der Waals surface area contributed by atoms with E-state index in [1.165, 1.54) is 6.07 Å². The summed E-state index contributed by atoms with van der Waals surface area (Å²) in [7, 11) is 1.63. The van der Waals surface area contributed by atoms with Gasteiger partial charge in [0.1, 0.15) is 0 Å². The zero-order valence-corrected chi connectivity index (χ0v) is 11.3. The van der Waals surface area contributed by atoms with Gasteiger partial charge in [-0.25, -0.2) is 9.59 Å². The van der Waals surface area contributed by atoms with Crippen molar-refractivity contribution in [1.82, 2.24) is 10.2 Å². The molecule has 0 spiro atoms. The maximum absolute atomic E-state index is 12.0. The highest BCUT2D eigenvalue weighted by Crippen LogP contribution is 2.12. The Morgan fingerprint density at radius 3 is 2.85 bits per heavy atom. The second-order valence-electron chi connectivity index (χ2n) is 4.71. The number of methoxy groups -OCH3 is 1. The molecule has 0 unspecified atom stereocenters. The molecule has 6 nitrogen and oxygen atoms in total. The highest BCUT2D eigenvalue weighted by Gasteiger charge is 2.25. The Kier molecular flexibility index (Phi) is 4.57. The first-order valence-electron chi connectivity index (χ1n) is 6.48. The number of benzene rings is 1. The highest BCUT2D eigenvalue weighted by molar-refractivity contribution is 5.89. The van der Waals surface area contributed by atoms with Gasteiger partial charge in [0.25, 0.3) is 0 Å². The number of ether oxygens (including phenoxy) is 1. The molecule has 0 bridgehead atoms. The molecule has 0 aliphatic carbocycles. The number of carboxylic acids is 1. The lowest BCUT2D eigenvalue weighted by molar-refractivity contribution is 0.0695. The third-order valence-electron chi connectivity index (χ3n) is 3.44. The summed E-state index contributed by atoms with van der Waals surface area (Å²) in [4.78, 5) is 24.7. The van der Waals surface area contributed by atoms with Gasteiger partial charge in [-0.05, 0) is 18.1 Å². The standard InChI is InChI=1S/C14H18N2O4/c1-20-11-6-7-16(9-11)14(19)15-8-10-4-2-3-5-12(10)13(17)18/h2-5,11H,6-9H2,1H3,(H,15,19)(H,17,18)/t11-/m0/s1. The molecular formula is C14H18N2O4. The Labute approximate surface area is 117 Å². The van der Waals surface area contributed by atoms with E-state index in [4.69, 9.17) is 9.84 Å². The van der Waals surface area contributed by atoms with E-state index in [2.05, 4.69) is 5.32 Å². The SMILES string of the molecule is CO[C@H]1CCN(C(=O)NCc2ccccc2C(=O)O)C1. The molecule has 2 rings (SSSR count). The van der Waals surface area contributed by atoms with Crippen LogP contribution >= 0.6 is 0 Å². The van der Waals surface area contributed by atoms with E-state index in [1.54, 1.807) is 30.2 Å². The van der Waals surface area contributed by atoms with Crippen molar-refractivity contribution in [1.29, 1.82) is 0 Å². The number of carboxylic acid groups (broad SMARTS) is 1. The van der Waals surface area contributed by atoms with Gasteiger partial charge in [0, 0.05) is 26.7 Å². The topological polar surface area (TPSA) is 78.9 Å². The Balaban J connectivity index is 1.92. The number of hydrogen-bond donors (Lipinski definition) is 2. The average molecular weight is 278 g/mol. The van der Waals surface area contributed by atoms with Gasteiger partial charge in [-0.15, -0.1) is 0 Å². The molecule has 1 heterocycles. The first kappa shape index (κ1) is 14.3. The van der Waals surface area contributed by atoms with Gasteiger partial charge in [0.05, 0.1) is 11.7 Å². The second kappa shape index (κ2) is 6.38. The normalized spacial score (nSPS) is 18.1. The quantitative estimate of drug-likeness (QED) is 0.870. The fourth-order valence-electron chi connectivity index (χ4n) is 2.27. The van der Waals surface area contributed by atoms with Crippen LogP contribution in [0, 0.1) is 0 Å². The molecule has 1 aliphatic rings. The third-order valence-corrected chi connectivity index (χ3v) is 3.44. The van der Waals surface area contributed by atoms with E-state index in [0.717, 1.165) is 6.42 Å². The number of urea groups is 1. The number of carbonyl (C=O) groups is 2. The average Bonchev–Trinajstić information content (AvgIpc) is 2.94. The lowest BCUT2D eigenvalue weighted by atomic mass is 10.1. The lowest BCUT2D eigenvalue weighted by Gasteiger charge is -2.17. The minimum absolute atomic E-state index is 0.0899. The predicted octanol–water partition coefficient (Wildman–Crippen LogP) is 1.32. The smallest absolute Gasteiger partial charge is 0.336 e. The zero-order valence-electron chi connectivity index (χ0n) is 11.3. The van der Waals surface area contributed by atoms with Crippen molar-refractivity contribution >= 4 is 12.0 Å². The first-order valence-corrected chi connectivity index (χ1v) is 6.48. The van der Waals surface area contributed by atoms with Crippen LogP contribution in [-0.4, -0.2) is 48.3 Å². The molecule has 6 heteroatoms. The van der Waals surface area contributed by atoms with Crippen molar-refractivity contribution in [2.24, 2.45) is 0 Å². The number of carbonyl (C=O) groups excluding carboxylic acids is 1. The molecule has 2 N–H and O–H groups in total. The molecule has 1 atom stereocenters. The fraction of sp³-hybridized carbons (Fsp3) is 0.429. The van der Waals surface area contributed by atoms with E-state index >= 15 is 0 Å². The summed E-state index contributed by atoms with van der Waals surface area (Å²) in [6.45, 7) is 1.43. The van der Waals surface area contributed by atoms with Crippen LogP contribution in [0.3, 0.4) is 0 Å². The van der Waals surface area contributed by atoms with Crippen LogP contribution in [0.4, 0.5) is 4.79 Å². The van der Waals surface area contributed by atoms with E-state index in [9.17, 15) is 9.59 Å². The van der Waals surface area contributed by atoms with Gasteiger partial charge >= 0.3 is 12.0 Å². The van der Waals surface area contributed by atoms with Crippen molar-refractivity contribution < 1.29 is 19.4 Å². The van der Waals surface area contributed by atoms with Crippen molar-refractivity contribution in [2.45, 2.75) is 19.1 Å². The van der Waals surface area contributed by atoms with Crippen molar-refractivity contribution in [3.05, 3.63) is 35.4 Å². The number of nitrogens with zero attached hydrogens (tertiary/aromatic N) is 1. The summed E-state index contributed by atoms with van der Waals surface area (Å²) in [5.74, 6) is -0.990. The van der Waals surface area contributed by atoms with Crippen LogP contribution in [0.2, 0.25) is 0 Å². The summed E-state index contributed by atoms with van der Waals surface area (Å²) in [6.07, 6.45) is 0.919. The monoisotopic (exact) mass is 278 g/mol. The third kappa shape index (κ3) is 3.27. The van der Waals surface area contributed by atoms with Crippen LogP contribution < -0.4 is 5.32 Å². The first-order chi connectivity index (χ1) is 9.61. The molecule has 1 aliphatic heterocycles. The molecule has 1 aromatic carbocycles. The second-order valence-corrected chi connectivity index (χ2v) is 4.71. The summed E-state index contributed by atoms with van der Waals surface area (Å²) in [5.41, 5.74) is 0.805. The predicted molar refractivity (Wildman–Crippen MR) is 72.6 cm³/mol. The van der Waals surface area contributed by atoms with Crippen molar-refractivity contribution in [3.63, 3.8) is 0 Å². The number of aromatic carboxylic acids is 1. The van der Waals surface area contributed by atoms with Crippen molar-refractivity contribution in [3.8, 4) is 0 Å². The molecular weight excluding hydrogens is 260 g/mol. The van der Waals surface area contributed by atoms with Gasteiger partial charge in [-0.2, -0.15) is 0 Å². The summed E-state index contributed by atoms with van der Waals surface area (Å²) in [6, 6.07) is 6.46. The van der Waals surface area contributed by atoms with Crippen LogP contribution in [0.25, 0.3) is 0 Å². The van der Waals surface area contributed by atoms with Gasteiger partial charge in [-0.3, -0.25) is 0 Å². The maximum Gasteiger partial charge on any atom is 0.336 e. The summed E-state index contributed by atoms with van der Waals surface area (Å²) in [5, 5.41) is 11.8. The Bertz CT molecular complexity index is 504. The summed E-state index contributed by atoms with van der Waals surface area (Å²) < 4.78 is 5.21.